The van der Waals surface area contributed by atoms with Gasteiger partial charge in [0.15, 0.2) is 0 Å². The molecule has 0 radical (unpaired) electrons. The van der Waals surface area contributed by atoms with Crippen LogP contribution in [0.5, 0.6) is 0 Å². The van der Waals surface area contributed by atoms with Crippen molar-refractivity contribution in [3.05, 3.63) is 89.2 Å². The minimum atomic E-state index is -0.647. The van der Waals surface area contributed by atoms with Crippen LogP contribution in [0.2, 0.25) is 0 Å². The topological polar surface area (TPSA) is 85.0 Å². The number of pyridine rings is 1. The van der Waals surface area contributed by atoms with Crippen molar-refractivity contribution < 1.29 is 14.3 Å². The molecule has 0 amide bonds. The Hall–Kier alpha value is -4.24. The summed E-state index contributed by atoms with van der Waals surface area (Å²) in [5, 5.41) is 10.1. The van der Waals surface area contributed by atoms with Crippen LogP contribution in [0.4, 0.5) is 0 Å². The van der Waals surface area contributed by atoms with Crippen LogP contribution < -0.4 is 0 Å². The number of nitrogens with zero attached hydrogens (tertiary/aromatic N) is 3. The third-order valence-corrected chi connectivity index (χ3v) is 5.19. The number of aryl methyl sites for hydroxylation is 1. The number of ether oxygens (including phenoxy) is 1. The molecule has 0 aliphatic heterocycles. The fourth-order valence-corrected chi connectivity index (χ4v) is 3.67. The van der Waals surface area contributed by atoms with Crippen molar-refractivity contribution in [3.63, 3.8) is 0 Å². The van der Waals surface area contributed by atoms with Gasteiger partial charge in [0.1, 0.15) is 5.60 Å². The standard InChI is InChI=1S/C27H23N3O3/c1-17-7-9-19(13-22(17)26(32)33-27(2,3)4)25(31)30-23-10-8-18(15-28)12-21(23)14-24(30)20-6-5-11-29-16-20/h5-14,16H,1-4H3. The Morgan fingerprint density at radius 2 is 1.85 bits per heavy atom. The predicted molar refractivity (Wildman–Crippen MR) is 126 cm³/mol. The zero-order valence-electron chi connectivity index (χ0n) is 18.9. The van der Waals surface area contributed by atoms with Crippen LogP contribution in [0, 0.1) is 18.3 Å². The summed E-state index contributed by atoms with van der Waals surface area (Å²) in [5.41, 5.74) is 3.37. The smallest absolute Gasteiger partial charge is 0.338 e. The molecule has 0 aliphatic carbocycles. The van der Waals surface area contributed by atoms with Gasteiger partial charge in [-0.1, -0.05) is 6.07 Å². The predicted octanol–water partition coefficient (Wildman–Crippen LogP) is 5.53. The van der Waals surface area contributed by atoms with Crippen LogP contribution in [0.15, 0.2) is 67.0 Å². The van der Waals surface area contributed by atoms with E-state index in [2.05, 4.69) is 11.1 Å². The van der Waals surface area contributed by atoms with Crippen molar-refractivity contribution in [1.29, 1.82) is 5.26 Å². The van der Waals surface area contributed by atoms with Gasteiger partial charge in [-0.2, -0.15) is 5.26 Å². The molecule has 164 valence electrons. The van der Waals surface area contributed by atoms with Gasteiger partial charge < -0.3 is 4.74 Å². The zero-order valence-corrected chi connectivity index (χ0v) is 18.9. The van der Waals surface area contributed by atoms with E-state index in [1.165, 1.54) is 0 Å². The number of hydrogen-bond donors (Lipinski definition) is 0. The summed E-state index contributed by atoms with van der Waals surface area (Å²) in [6, 6.07) is 17.9. The molecule has 0 spiro atoms. The molecule has 2 aromatic carbocycles. The molecule has 0 fully saturated rings. The molecule has 0 bridgehead atoms. The summed E-state index contributed by atoms with van der Waals surface area (Å²) in [6.45, 7) is 7.22. The molecule has 6 heteroatoms. The molecule has 0 aliphatic rings. The van der Waals surface area contributed by atoms with Crippen LogP contribution in [-0.4, -0.2) is 27.0 Å². The number of hydrogen-bond acceptors (Lipinski definition) is 5. The Bertz CT molecular complexity index is 1420. The average Bonchev–Trinajstić information content (AvgIpc) is 3.17. The summed E-state index contributed by atoms with van der Waals surface area (Å²) >= 11 is 0. The van der Waals surface area contributed by atoms with E-state index in [0.717, 1.165) is 16.5 Å². The van der Waals surface area contributed by atoms with E-state index in [-0.39, 0.29) is 5.91 Å². The molecule has 0 N–H and O–H groups in total. The van der Waals surface area contributed by atoms with Crippen molar-refractivity contribution in [2.24, 2.45) is 0 Å². The van der Waals surface area contributed by atoms with Gasteiger partial charge in [0.25, 0.3) is 5.91 Å². The van der Waals surface area contributed by atoms with E-state index in [9.17, 15) is 14.9 Å². The third-order valence-electron chi connectivity index (χ3n) is 5.19. The van der Waals surface area contributed by atoms with Gasteiger partial charge in [0.05, 0.1) is 28.4 Å². The van der Waals surface area contributed by atoms with E-state index in [0.29, 0.717) is 27.9 Å². The molecule has 0 saturated heterocycles. The first-order valence-corrected chi connectivity index (χ1v) is 10.5. The second kappa shape index (κ2) is 8.36. The number of esters is 1. The first-order chi connectivity index (χ1) is 15.7. The zero-order chi connectivity index (χ0) is 23.8. The van der Waals surface area contributed by atoms with Crippen molar-refractivity contribution in [3.8, 4) is 17.3 Å². The summed E-state index contributed by atoms with van der Waals surface area (Å²) in [7, 11) is 0. The summed E-state index contributed by atoms with van der Waals surface area (Å²) in [4.78, 5) is 30.7. The Balaban J connectivity index is 1.87. The van der Waals surface area contributed by atoms with Crippen molar-refractivity contribution in [2.75, 3.05) is 0 Å². The van der Waals surface area contributed by atoms with Gasteiger partial charge in [-0.3, -0.25) is 14.3 Å². The van der Waals surface area contributed by atoms with E-state index >= 15 is 0 Å². The van der Waals surface area contributed by atoms with Gasteiger partial charge in [-0.25, -0.2) is 4.79 Å². The molecule has 0 saturated carbocycles. The molecule has 0 atom stereocenters. The van der Waals surface area contributed by atoms with Gasteiger partial charge in [-0.05, 0) is 81.8 Å². The van der Waals surface area contributed by atoms with E-state index < -0.39 is 11.6 Å². The van der Waals surface area contributed by atoms with Gasteiger partial charge in [0, 0.05) is 28.9 Å². The first-order valence-electron chi connectivity index (χ1n) is 10.5. The maximum Gasteiger partial charge on any atom is 0.338 e. The maximum atomic E-state index is 13.8. The average molecular weight is 437 g/mol. The van der Waals surface area contributed by atoms with Crippen LogP contribution in [0.1, 0.15) is 52.6 Å². The lowest BCUT2D eigenvalue weighted by atomic mass is 10.0. The van der Waals surface area contributed by atoms with Gasteiger partial charge in [0.2, 0.25) is 0 Å². The molecule has 4 aromatic rings. The summed E-state index contributed by atoms with van der Waals surface area (Å²) in [6.07, 6.45) is 3.35. The van der Waals surface area contributed by atoms with Gasteiger partial charge in [-0.15, -0.1) is 0 Å². The fraction of sp³-hybridized carbons (Fsp3) is 0.185. The van der Waals surface area contributed by atoms with Crippen LogP contribution in [0.25, 0.3) is 22.2 Å². The normalized spacial score (nSPS) is 11.2. The lowest BCUT2D eigenvalue weighted by Gasteiger charge is -2.20. The van der Waals surface area contributed by atoms with Crippen molar-refractivity contribution >= 4 is 22.8 Å². The molecular formula is C27H23N3O3. The summed E-state index contributed by atoms with van der Waals surface area (Å²) < 4.78 is 7.12. The largest absolute Gasteiger partial charge is 0.456 e. The number of rotatable bonds is 3. The lowest BCUT2D eigenvalue weighted by Crippen LogP contribution is -2.24. The second-order valence-electron chi connectivity index (χ2n) is 8.83. The lowest BCUT2D eigenvalue weighted by molar-refractivity contribution is 0.00687. The highest BCUT2D eigenvalue weighted by atomic mass is 16.6. The minimum Gasteiger partial charge on any atom is -0.456 e. The van der Waals surface area contributed by atoms with E-state index in [4.69, 9.17) is 4.74 Å². The van der Waals surface area contributed by atoms with Crippen molar-refractivity contribution in [2.45, 2.75) is 33.3 Å². The number of fused-ring (bicyclic) bond motifs is 1. The molecule has 0 unspecified atom stereocenters. The minimum absolute atomic E-state index is 0.293. The van der Waals surface area contributed by atoms with Gasteiger partial charge >= 0.3 is 5.97 Å². The highest BCUT2D eigenvalue weighted by Gasteiger charge is 2.23. The van der Waals surface area contributed by atoms with Crippen LogP contribution >= 0.6 is 0 Å². The third kappa shape index (κ3) is 4.39. The molecule has 4 rings (SSSR count). The highest BCUT2D eigenvalue weighted by molar-refractivity contribution is 6.07. The van der Waals surface area contributed by atoms with E-state index in [1.54, 1.807) is 80.2 Å². The number of carbonyl (C=O) groups excluding carboxylic acids is 2. The first kappa shape index (κ1) is 22.0. The number of benzene rings is 2. The Kier molecular flexibility index (Phi) is 5.57. The second-order valence-corrected chi connectivity index (χ2v) is 8.83. The van der Waals surface area contributed by atoms with E-state index in [1.807, 2.05) is 19.1 Å². The monoisotopic (exact) mass is 437 g/mol. The summed E-state index contributed by atoms with van der Waals surface area (Å²) in [5.74, 6) is -0.767. The van der Waals surface area contributed by atoms with Crippen LogP contribution in [0.3, 0.4) is 0 Å². The Labute approximate surface area is 192 Å². The molecular weight excluding hydrogens is 414 g/mol. The number of nitriles is 1. The SMILES string of the molecule is Cc1ccc(C(=O)n2c(-c3cccnc3)cc3cc(C#N)ccc32)cc1C(=O)OC(C)(C)C. The molecule has 2 aromatic heterocycles. The fourth-order valence-electron chi connectivity index (χ4n) is 3.67. The van der Waals surface area contributed by atoms with Crippen molar-refractivity contribution in [1.82, 2.24) is 9.55 Å². The van der Waals surface area contributed by atoms with Crippen LogP contribution in [-0.2, 0) is 4.74 Å². The maximum absolute atomic E-state index is 13.8. The number of aromatic nitrogens is 2. The Morgan fingerprint density at radius 1 is 1.06 bits per heavy atom. The molecule has 33 heavy (non-hydrogen) atoms. The molecule has 2 heterocycles. The quantitative estimate of drug-likeness (QED) is 0.394. The highest BCUT2D eigenvalue weighted by Crippen LogP contribution is 2.30. The Morgan fingerprint density at radius 3 is 2.52 bits per heavy atom. The number of carbonyl (C=O) groups is 2. The molecule has 6 nitrogen and oxygen atoms in total.